The van der Waals surface area contributed by atoms with Gasteiger partial charge in [-0.05, 0) is 38.1 Å². The molecule has 19 heavy (non-hydrogen) atoms. The van der Waals surface area contributed by atoms with E-state index in [0.717, 1.165) is 31.1 Å². The second kappa shape index (κ2) is 5.48. The number of rotatable bonds is 3. The van der Waals surface area contributed by atoms with Gasteiger partial charge in [-0.25, -0.2) is 0 Å². The third-order valence-electron chi connectivity index (χ3n) is 3.64. The number of likely N-dealkylation sites (N-methyl/N-ethyl adjacent to an activating group) is 1. The zero-order valence-corrected chi connectivity index (χ0v) is 11.1. The molecule has 2 aromatic rings. The zero-order chi connectivity index (χ0) is 13.1. The van der Waals surface area contributed by atoms with Gasteiger partial charge in [-0.15, -0.1) is 0 Å². The SMILES string of the molecule is CCN1CCC[C@@H](c2nc(-c3ccccn3)no2)C1. The third-order valence-corrected chi connectivity index (χ3v) is 3.64. The number of nitrogens with zero attached hydrogens (tertiary/aromatic N) is 4. The fourth-order valence-corrected chi connectivity index (χ4v) is 2.54. The number of hydrogen-bond acceptors (Lipinski definition) is 5. The van der Waals surface area contributed by atoms with E-state index in [-0.39, 0.29) is 0 Å². The predicted octanol–water partition coefficient (Wildman–Crippen LogP) is 2.33. The van der Waals surface area contributed by atoms with Crippen LogP contribution >= 0.6 is 0 Å². The Labute approximate surface area is 112 Å². The maximum atomic E-state index is 5.42. The van der Waals surface area contributed by atoms with Gasteiger partial charge < -0.3 is 9.42 Å². The van der Waals surface area contributed by atoms with Crippen LogP contribution in [0.1, 0.15) is 31.6 Å². The van der Waals surface area contributed by atoms with Gasteiger partial charge in [-0.1, -0.05) is 18.1 Å². The van der Waals surface area contributed by atoms with Gasteiger partial charge in [0, 0.05) is 12.7 Å². The van der Waals surface area contributed by atoms with E-state index in [9.17, 15) is 0 Å². The summed E-state index contributed by atoms with van der Waals surface area (Å²) in [5.74, 6) is 1.70. The molecule has 100 valence electrons. The van der Waals surface area contributed by atoms with Gasteiger partial charge in [0.05, 0.1) is 5.92 Å². The minimum Gasteiger partial charge on any atom is -0.339 e. The molecule has 0 aromatic carbocycles. The van der Waals surface area contributed by atoms with Gasteiger partial charge >= 0.3 is 0 Å². The average Bonchev–Trinajstić information content (AvgIpc) is 2.98. The average molecular weight is 258 g/mol. The van der Waals surface area contributed by atoms with Crippen molar-refractivity contribution in [3.05, 3.63) is 30.3 Å². The Hall–Kier alpha value is -1.75. The topological polar surface area (TPSA) is 55.1 Å². The second-order valence-electron chi connectivity index (χ2n) is 4.90. The highest BCUT2D eigenvalue weighted by Crippen LogP contribution is 2.26. The van der Waals surface area contributed by atoms with Crippen molar-refractivity contribution < 1.29 is 4.52 Å². The van der Waals surface area contributed by atoms with Crippen LogP contribution in [0.3, 0.4) is 0 Å². The molecule has 3 rings (SSSR count). The molecule has 5 nitrogen and oxygen atoms in total. The monoisotopic (exact) mass is 258 g/mol. The van der Waals surface area contributed by atoms with E-state index in [0.29, 0.717) is 11.7 Å². The molecule has 1 aliphatic heterocycles. The summed E-state index contributed by atoms with van der Waals surface area (Å²) in [6.45, 7) is 5.46. The first kappa shape index (κ1) is 12.3. The number of piperidine rings is 1. The molecule has 0 unspecified atom stereocenters. The molecular formula is C14H18N4O. The summed E-state index contributed by atoms with van der Waals surface area (Å²) in [4.78, 5) is 11.2. The highest BCUT2D eigenvalue weighted by molar-refractivity contribution is 5.47. The van der Waals surface area contributed by atoms with Crippen LogP contribution in [-0.4, -0.2) is 39.7 Å². The van der Waals surface area contributed by atoms with Crippen LogP contribution in [0.4, 0.5) is 0 Å². The van der Waals surface area contributed by atoms with Crippen LogP contribution in [-0.2, 0) is 0 Å². The Bertz CT molecular complexity index is 525. The van der Waals surface area contributed by atoms with Crippen molar-refractivity contribution in [1.82, 2.24) is 20.0 Å². The van der Waals surface area contributed by atoms with Gasteiger partial charge in [0.2, 0.25) is 11.7 Å². The molecule has 0 bridgehead atoms. The lowest BCUT2D eigenvalue weighted by atomic mass is 9.98. The summed E-state index contributed by atoms with van der Waals surface area (Å²) in [5, 5.41) is 4.05. The fraction of sp³-hybridized carbons (Fsp3) is 0.500. The Morgan fingerprint density at radius 3 is 3.16 bits per heavy atom. The molecule has 3 heterocycles. The van der Waals surface area contributed by atoms with E-state index in [1.807, 2.05) is 18.2 Å². The number of likely N-dealkylation sites (tertiary alicyclic amines) is 1. The summed E-state index contributed by atoms with van der Waals surface area (Å²) in [6.07, 6.45) is 4.06. The Kier molecular flexibility index (Phi) is 3.55. The zero-order valence-electron chi connectivity index (χ0n) is 11.1. The van der Waals surface area contributed by atoms with Crippen molar-refractivity contribution in [3.8, 4) is 11.5 Å². The third kappa shape index (κ3) is 2.66. The van der Waals surface area contributed by atoms with Gasteiger partial charge in [0.25, 0.3) is 0 Å². The molecule has 1 atom stereocenters. The van der Waals surface area contributed by atoms with Crippen LogP contribution in [0.2, 0.25) is 0 Å². The van der Waals surface area contributed by atoms with E-state index >= 15 is 0 Å². The molecule has 0 spiro atoms. The van der Waals surface area contributed by atoms with Crippen LogP contribution in [0.25, 0.3) is 11.5 Å². The standard InChI is InChI=1S/C14H18N4O/c1-2-18-9-5-6-11(10-18)14-16-13(17-19-14)12-7-3-4-8-15-12/h3-4,7-8,11H,2,5-6,9-10H2,1H3/t11-/m1/s1. The highest BCUT2D eigenvalue weighted by atomic mass is 16.5. The Morgan fingerprint density at radius 1 is 1.42 bits per heavy atom. The fourth-order valence-electron chi connectivity index (χ4n) is 2.54. The first-order valence-electron chi connectivity index (χ1n) is 6.84. The van der Waals surface area contributed by atoms with Crippen molar-refractivity contribution in [2.24, 2.45) is 0 Å². The van der Waals surface area contributed by atoms with E-state index < -0.39 is 0 Å². The lowest BCUT2D eigenvalue weighted by Gasteiger charge is -2.29. The van der Waals surface area contributed by atoms with Crippen molar-refractivity contribution in [2.45, 2.75) is 25.7 Å². The normalized spacial score (nSPS) is 20.6. The molecule has 1 aliphatic rings. The van der Waals surface area contributed by atoms with Gasteiger partial charge in [-0.2, -0.15) is 4.98 Å². The van der Waals surface area contributed by atoms with E-state index in [1.165, 1.54) is 13.0 Å². The molecule has 2 aromatic heterocycles. The van der Waals surface area contributed by atoms with Crippen LogP contribution in [0.5, 0.6) is 0 Å². The molecule has 0 saturated carbocycles. The Morgan fingerprint density at radius 2 is 2.37 bits per heavy atom. The number of pyridine rings is 1. The summed E-state index contributed by atoms with van der Waals surface area (Å²) >= 11 is 0. The first-order chi connectivity index (χ1) is 9.36. The number of aromatic nitrogens is 3. The number of hydrogen-bond donors (Lipinski definition) is 0. The van der Waals surface area contributed by atoms with Crippen LogP contribution in [0.15, 0.2) is 28.9 Å². The van der Waals surface area contributed by atoms with Crippen molar-refractivity contribution in [1.29, 1.82) is 0 Å². The molecule has 5 heteroatoms. The molecule has 0 N–H and O–H groups in total. The Balaban J connectivity index is 1.78. The van der Waals surface area contributed by atoms with Crippen molar-refractivity contribution in [3.63, 3.8) is 0 Å². The molecular weight excluding hydrogens is 240 g/mol. The minimum atomic E-state index is 0.360. The summed E-state index contributed by atoms with van der Waals surface area (Å²) in [6, 6.07) is 5.70. The quantitative estimate of drug-likeness (QED) is 0.845. The van der Waals surface area contributed by atoms with Crippen LogP contribution in [0, 0.1) is 0 Å². The first-order valence-corrected chi connectivity index (χ1v) is 6.84. The van der Waals surface area contributed by atoms with Crippen LogP contribution < -0.4 is 0 Å². The summed E-state index contributed by atoms with van der Waals surface area (Å²) in [5.41, 5.74) is 0.764. The highest BCUT2D eigenvalue weighted by Gasteiger charge is 2.25. The van der Waals surface area contributed by atoms with Gasteiger partial charge in [-0.3, -0.25) is 4.98 Å². The summed E-state index contributed by atoms with van der Waals surface area (Å²) < 4.78 is 5.42. The molecule has 1 fully saturated rings. The minimum absolute atomic E-state index is 0.360. The lowest BCUT2D eigenvalue weighted by molar-refractivity contribution is 0.195. The van der Waals surface area contributed by atoms with E-state index in [4.69, 9.17) is 4.52 Å². The van der Waals surface area contributed by atoms with Crippen molar-refractivity contribution in [2.75, 3.05) is 19.6 Å². The lowest BCUT2D eigenvalue weighted by Crippen LogP contribution is -2.34. The maximum absolute atomic E-state index is 5.42. The maximum Gasteiger partial charge on any atom is 0.231 e. The largest absolute Gasteiger partial charge is 0.339 e. The van der Waals surface area contributed by atoms with Crippen molar-refractivity contribution >= 4 is 0 Å². The van der Waals surface area contributed by atoms with E-state index in [2.05, 4.69) is 26.9 Å². The smallest absolute Gasteiger partial charge is 0.231 e. The molecule has 1 saturated heterocycles. The molecule has 0 aliphatic carbocycles. The summed E-state index contributed by atoms with van der Waals surface area (Å²) in [7, 11) is 0. The molecule has 0 radical (unpaired) electrons. The van der Waals surface area contributed by atoms with Gasteiger partial charge in [0.1, 0.15) is 5.69 Å². The second-order valence-corrected chi connectivity index (χ2v) is 4.90. The van der Waals surface area contributed by atoms with Gasteiger partial charge in [0.15, 0.2) is 0 Å². The molecule has 0 amide bonds. The predicted molar refractivity (Wildman–Crippen MR) is 71.6 cm³/mol. The van der Waals surface area contributed by atoms with E-state index in [1.54, 1.807) is 6.20 Å².